The number of hydrogen-bond acceptors (Lipinski definition) is 4. The molecule has 1 saturated carbocycles. The third-order valence-electron chi connectivity index (χ3n) is 5.40. The standard InChI is InChI=1S/C19H33N5S/c1-15-14-25-18(22-15)9-5-6-11-21-19(20-2)23-16-10-12-24(13-16)17-7-3-4-8-17/h14,16-17H,3-13H2,1-2H3,(H2,20,21,23). The van der Waals surface area contributed by atoms with Gasteiger partial charge in [0, 0.05) is 49.8 Å². The van der Waals surface area contributed by atoms with Crippen LogP contribution >= 0.6 is 11.3 Å². The van der Waals surface area contributed by atoms with Gasteiger partial charge in [-0.1, -0.05) is 12.8 Å². The maximum Gasteiger partial charge on any atom is 0.191 e. The Bertz CT molecular complexity index is 550. The first kappa shape index (κ1) is 18.6. The first-order valence-corrected chi connectivity index (χ1v) is 10.7. The number of nitrogens with zero attached hydrogens (tertiary/aromatic N) is 3. The molecule has 1 aliphatic carbocycles. The molecule has 0 bridgehead atoms. The van der Waals surface area contributed by atoms with Gasteiger partial charge < -0.3 is 10.6 Å². The van der Waals surface area contributed by atoms with Crippen molar-refractivity contribution in [2.75, 3.05) is 26.7 Å². The summed E-state index contributed by atoms with van der Waals surface area (Å²) in [7, 11) is 1.87. The fourth-order valence-electron chi connectivity index (χ4n) is 4.02. The lowest BCUT2D eigenvalue weighted by molar-refractivity contribution is 0.242. The molecule has 1 atom stereocenters. The topological polar surface area (TPSA) is 52.6 Å². The highest BCUT2D eigenvalue weighted by atomic mass is 32.1. The molecule has 1 unspecified atom stereocenters. The Morgan fingerprint density at radius 3 is 2.88 bits per heavy atom. The number of aromatic nitrogens is 1. The van der Waals surface area contributed by atoms with Gasteiger partial charge in [-0.05, 0) is 45.4 Å². The summed E-state index contributed by atoms with van der Waals surface area (Å²) in [6, 6.07) is 1.39. The molecular weight excluding hydrogens is 330 g/mol. The highest BCUT2D eigenvalue weighted by Crippen LogP contribution is 2.26. The second kappa shape index (κ2) is 9.53. The molecule has 3 rings (SSSR count). The Morgan fingerprint density at radius 2 is 2.16 bits per heavy atom. The number of aliphatic imine (C=N–C) groups is 1. The lowest BCUT2D eigenvalue weighted by Gasteiger charge is -2.24. The molecule has 2 heterocycles. The summed E-state index contributed by atoms with van der Waals surface area (Å²) >= 11 is 1.78. The second-order valence-electron chi connectivity index (χ2n) is 7.40. The van der Waals surface area contributed by atoms with Crippen molar-refractivity contribution < 1.29 is 0 Å². The van der Waals surface area contributed by atoms with E-state index in [0.717, 1.165) is 37.1 Å². The van der Waals surface area contributed by atoms with Crippen LogP contribution in [0.2, 0.25) is 0 Å². The summed E-state index contributed by atoms with van der Waals surface area (Å²) < 4.78 is 0. The third kappa shape index (κ3) is 5.68. The van der Waals surface area contributed by atoms with Crippen LogP contribution < -0.4 is 10.6 Å². The quantitative estimate of drug-likeness (QED) is 0.444. The number of unbranched alkanes of at least 4 members (excludes halogenated alkanes) is 1. The number of nitrogens with one attached hydrogen (secondary N) is 2. The molecule has 1 saturated heterocycles. The minimum absolute atomic E-state index is 0.546. The van der Waals surface area contributed by atoms with E-state index in [9.17, 15) is 0 Å². The van der Waals surface area contributed by atoms with Crippen molar-refractivity contribution in [1.29, 1.82) is 0 Å². The number of guanidine groups is 1. The maximum atomic E-state index is 4.53. The van der Waals surface area contributed by atoms with Crippen molar-refractivity contribution in [3.8, 4) is 0 Å². The molecule has 6 heteroatoms. The van der Waals surface area contributed by atoms with E-state index >= 15 is 0 Å². The average Bonchev–Trinajstić information content (AvgIpc) is 3.35. The van der Waals surface area contributed by atoms with Crippen LogP contribution in [0.4, 0.5) is 0 Å². The van der Waals surface area contributed by atoms with Crippen LogP contribution in [0.3, 0.4) is 0 Å². The Balaban J connectivity index is 1.30. The van der Waals surface area contributed by atoms with E-state index in [0.29, 0.717) is 6.04 Å². The zero-order valence-electron chi connectivity index (χ0n) is 15.8. The number of likely N-dealkylation sites (tertiary alicyclic amines) is 1. The molecular formula is C19H33N5S. The van der Waals surface area contributed by atoms with Crippen molar-refractivity contribution in [1.82, 2.24) is 20.5 Å². The Kier molecular flexibility index (Phi) is 7.11. The highest BCUT2D eigenvalue weighted by Gasteiger charge is 2.30. The number of hydrogen-bond donors (Lipinski definition) is 2. The summed E-state index contributed by atoms with van der Waals surface area (Å²) in [6.07, 6.45) is 10.3. The molecule has 1 aliphatic heterocycles. The van der Waals surface area contributed by atoms with Crippen LogP contribution in [-0.4, -0.2) is 54.6 Å². The number of rotatable bonds is 7. The first-order valence-electron chi connectivity index (χ1n) is 9.87. The summed E-state index contributed by atoms with van der Waals surface area (Å²) in [5, 5.41) is 10.5. The number of aryl methyl sites for hydroxylation is 2. The Hall–Kier alpha value is -1.14. The van der Waals surface area contributed by atoms with Crippen molar-refractivity contribution in [2.45, 2.75) is 70.4 Å². The molecule has 25 heavy (non-hydrogen) atoms. The smallest absolute Gasteiger partial charge is 0.191 e. The summed E-state index contributed by atoms with van der Waals surface area (Å²) in [6.45, 7) is 5.46. The molecule has 0 radical (unpaired) electrons. The number of thiazole rings is 1. The average molecular weight is 364 g/mol. The van der Waals surface area contributed by atoms with Crippen LogP contribution in [0.1, 0.15) is 55.6 Å². The van der Waals surface area contributed by atoms with Crippen LogP contribution in [0, 0.1) is 6.92 Å². The van der Waals surface area contributed by atoms with E-state index in [4.69, 9.17) is 0 Å². The molecule has 140 valence electrons. The molecule has 5 nitrogen and oxygen atoms in total. The minimum Gasteiger partial charge on any atom is -0.356 e. The lowest BCUT2D eigenvalue weighted by Crippen LogP contribution is -2.45. The maximum absolute atomic E-state index is 4.53. The van der Waals surface area contributed by atoms with E-state index in [1.807, 2.05) is 7.05 Å². The predicted molar refractivity (Wildman–Crippen MR) is 107 cm³/mol. The van der Waals surface area contributed by atoms with Crippen molar-refractivity contribution in [2.24, 2.45) is 4.99 Å². The zero-order valence-corrected chi connectivity index (χ0v) is 16.6. The second-order valence-corrected chi connectivity index (χ2v) is 8.34. The molecule has 1 aromatic rings. The predicted octanol–water partition coefficient (Wildman–Crippen LogP) is 2.96. The van der Waals surface area contributed by atoms with Gasteiger partial charge >= 0.3 is 0 Å². The van der Waals surface area contributed by atoms with E-state index in [-0.39, 0.29) is 0 Å². The van der Waals surface area contributed by atoms with Gasteiger partial charge in [0.05, 0.1) is 5.01 Å². The van der Waals surface area contributed by atoms with Crippen molar-refractivity contribution >= 4 is 17.3 Å². The van der Waals surface area contributed by atoms with Gasteiger partial charge in [0.2, 0.25) is 0 Å². The van der Waals surface area contributed by atoms with E-state index in [2.05, 4.69) is 37.8 Å². The molecule has 2 N–H and O–H groups in total. The fourth-order valence-corrected chi connectivity index (χ4v) is 4.84. The largest absolute Gasteiger partial charge is 0.356 e. The molecule has 2 aliphatic rings. The molecule has 2 fully saturated rings. The van der Waals surface area contributed by atoms with Crippen LogP contribution in [0.25, 0.3) is 0 Å². The summed E-state index contributed by atoms with van der Waals surface area (Å²) in [5.74, 6) is 0.961. The van der Waals surface area contributed by atoms with Gasteiger partial charge in [-0.25, -0.2) is 4.98 Å². The lowest BCUT2D eigenvalue weighted by atomic mass is 10.2. The summed E-state index contributed by atoms with van der Waals surface area (Å²) in [4.78, 5) is 11.6. The van der Waals surface area contributed by atoms with E-state index in [1.54, 1.807) is 11.3 Å². The Labute approximate surface area is 156 Å². The molecule has 0 amide bonds. The summed E-state index contributed by atoms with van der Waals surface area (Å²) in [5.41, 5.74) is 1.14. The highest BCUT2D eigenvalue weighted by molar-refractivity contribution is 7.09. The molecule has 1 aromatic heterocycles. The van der Waals surface area contributed by atoms with Crippen molar-refractivity contribution in [3.63, 3.8) is 0 Å². The van der Waals surface area contributed by atoms with Crippen LogP contribution in [0.15, 0.2) is 10.4 Å². The molecule has 0 aromatic carbocycles. The zero-order chi connectivity index (χ0) is 17.5. The van der Waals surface area contributed by atoms with Gasteiger partial charge in [-0.2, -0.15) is 0 Å². The minimum atomic E-state index is 0.546. The van der Waals surface area contributed by atoms with Gasteiger partial charge in [-0.3, -0.25) is 9.89 Å². The molecule has 0 spiro atoms. The SMILES string of the molecule is CN=C(NCCCCc1nc(C)cs1)NC1CCN(C2CCCC2)C1. The monoisotopic (exact) mass is 363 g/mol. The van der Waals surface area contributed by atoms with Crippen molar-refractivity contribution in [3.05, 3.63) is 16.1 Å². The van der Waals surface area contributed by atoms with Crippen LogP contribution in [0.5, 0.6) is 0 Å². The normalized spacial score (nSPS) is 22.6. The van der Waals surface area contributed by atoms with E-state index in [1.165, 1.54) is 56.6 Å². The van der Waals surface area contributed by atoms with Gasteiger partial charge in [-0.15, -0.1) is 11.3 Å². The first-order chi connectivity index (χ1) is 12.2. The van der Waals surface area contributed by atoms with Gasteiger partial charge in [0.15, 0.2) is 5.96 Å². The third-order valence-corrected chi connectivity index (χ3v) is 6.43. The van der Waals surface area contributed by atoms with Gasteiger partial charge in [0.25, 0.3) is 0 Å². The fraction of sp³-hybridized carbons (Fsp3) is 0.789. The Morgan fingerprint density at radius 1 is 1.32 bits per heavy atom. The van der Waals surface area contributed by atoms with E-state index < -0.39 is 0 Å². The van der Waals surface area contributed by atoms with Gasteiger partial charge in [0.1, 0.15) is 0 Å². The van der Waals surface area contributed by atoms with Crippen LogP contribution in [-0.2, 0) is 6.42 Å².